The normalized spacial score (nSPS) is 15.2. The summed E-state index contributed by atoms with van der Waals surface area (Å²) in [6, 6.07) is 14.6. The maximum absolute atomic E-state index is 6.38. The Morgan fingerprint density at radius 3 is 2.48 bits per heavy atom. The average molecular weight is 467 g/mol. The minimum Gasteiger partial charge on any atom is -0.494 e. The van der Waals surface area contributed by atoms with Crippen molar-refractivity contribution in [2.24, 2.45) is 0 Å². The second-order valence-electron chi connectivity index (χ2n) is 8.47. The summed E-state index contributed by atoms with van der Waals surface area (Å²) in [4.78, 5) is 13.7. The number of hydrogen-bond donors (Lipinski definition) is 2. The molecule has 0 aliphatic carbocycles. The maximum Gasteiger partial charge on any atom is 0.229 e. The third kappa shape index (κ3) is 5.67. The van der Waals surface area contributed by atoms with Gasteiger partial charge in [0.15, 0.2) is 5.82 Å². The van der Waals surface area contributed by atoms with Crippen molar-refractivity contribution in [3.8, 4) is 5.75 Å². The molecule has 1 aliphatic rings. The summed E-state index contributed by atoms with van der Waals surface area (Å²) in [7, 11) is 3.83. The lowest BCUT2D eigenvalue weighted by atomic mass is 10.1. The molecule has 4 rings (SSSR count). The minimum atomic E-state index is 0.0447. The highest BCUT2D eigenvalue weighted by atomic mass is 35.5. The predicted octanol–water partition coefficient (Wildman–Crippen LogP) is 5.12. The van der Waals surface area contributed by atoms with Gasteiger partial charge in [0.2, 0.25) is 5.95 Å². The van der Waals surface area contributed by atoms with Crippen LogP contribution in [0.2, 0.25) is 5.02 Å². The molecule has 0 amide bonds. The first kappa shape index (κ1) is 23.1. The number of hydrogen-bond acceptors (Lipinski definition) is 7. The molecule has 2 aromatic carbocycles. The van der Waals surface area contributed by atoms with Gasteiger partial charge in [0.1, 0.15) is 10.8 Å². The van der Waals surface area contributed by atoms with Crippen LogP contribution in [0.25, 0.3) is 0 Å². The zero-order valence-corrected chi connectivity index (χ0v) is 20.4. The minimum absolute atomic E-state index is 0.0447. The summed E-state index contributed by atoms with van der Waals surface area (Å²) in [6.07, 6.45) is 1.60. The molecule has 3 aromatic rings. The smallest absolute Gasteiger partial charge is 0.229 e. The van der Waals surface area contributed by atoms with Crippen molar-refractivity contribution in [1.82, 2.24) is 14.9 Å². The second-order valence-corrected chi connectivity index (χ2v) is 8.87. The summed E-state index contributed by atoms with van der Waals surface area (Å²) in [5.74, 6) is 1.77. The fourth-order valence-electron chi connectivity index (χ4n) is 3.84. The number of aryl methyl sites for hydroxylation is 1. The predicted molar refractivity (Wildman–Crippen MR) is 136 cm³/mol. The SMILES string of the molecule is COc1cc(N2CCN(C)CC2)ccc1Nc1ncc(Cl)c(N[C@H](C)c2ccc(C)cc2)n1. The van der Waals surface area contributed by atoms with E-state index in [-0.39, 0.29) is 6.04 Å². The molecule has 2 N–H and O–H groups in total. The number of anilines is 4. The van der Waals surface area contributed by atoms with E-state index in [0.717, 1.165) is 48.9 Å². The monoisotopic (exact) mass is 466 g/mol. The standard InChI is InChI=1S/C25H31ClN6O/c1-17-5-7-19(8-6-17)18(2)28-24-21(26)16-27-25(30-24)29-22-10-9-20(15-23(22)33-4)32-13-11-31(3)12-14-32/h5-10,15-16,18H,11-14H2,1-4H3,(H2,27,28,29,30)/t18-/m1/s1. The summed E-state index contributed by atoms with van der Waals surface area (Å²) in [5, 5.41) is 7.14. The molecule has 0 bridgehead atoms. The summed E-state index contributed by atoms with van der Waals surface area (Å²) >= 11 is 6.38. The van der Waals surface area contributed by atoms with Gasteiger partial charge in [0, 0.05) is 44.0 Å². The zero-order valence-electron chi connectivity index (χ0n) is 19.6. The summed E-state index contributed by atoms with van der Waals surface area (Å²) < 4.78 is 5.66. The number of benzene rings is 2. The molecule has 1 saturated heterocycles. The molecule has 1 atom stereocenters. The molecule has 0 radical (unpaired) electrons. The van der Waals surface area contributed by atoms with E-state index in [9.17, 15) is 0 Å². The summed E-state index contributed by atoms with van der Waals surface area (Å²) in [5.41, 5.74) is 4.34. The number of ether oxygens (including phenoxy) is 1. The van der Waals surface area contributed by atoms with Crippen molar-refractivity contribution in [3.63, 3.8) is 0 Å². The largest absolute Gasteiger partial charge is 0.494 e. The topological polar surface area (TPSA) is 65.6 Å². The molecule has 7 nitrogen and oxygen atoms in total. The van der Waals surface area contributed by atoms with E-state index in [2.05, 4.69) is 87.7 Å². The van der Waals surface area contributed by atoms with Crippen LogP contribution in [0.4, 0.5) is 23.1 Å². The first-order chi connectivity index (χ1) is 15.9. The molecule has 2 heterocycles. The number of methoxy groups -OCH3 is 1. The molecule has 174 valence electrons. The van der Waals surface area contributed by atoms with Gasteiger partial charge < -0.3 is 25.2 Å². The quantitative estimate of drug-likeness (QED) is 0.501. The molecule has 1 aliphatic heterocycles. The van der Waals surface area contributed by atoms with Gasteiger partial charge in [0.25, 0.3) is 0 Å². The number of piperazine rings is 1. The highest BCUT2D eigenvalue weighted by Gasteiger charge is 2.17. The Kier molecular flexibility index (Phi) is 7.20. The van der Waals surface area contributed by atoms with Crippen molar-refractivity contribution in [1.29, 1.82) is 0 Å². The average Bonchev–Trinajstić information content (AvgIpc) is 2.82. The van der Waals surface area contributed by atoms with Crippen LogP contribution in [0.1, 0.15) is 24.1 Å². The van der Waals surface area contributed by atoms with E-state index in [1.807, 2.05) is 6.07 Å². The number of rotatable bonds is 7. The Balaban J connectivity index is 1.50. The zero-order chi connectivity index (χ0) is 23.4. The van der Waals surface area contributed by atoms with Crippen molar-refractivity contribution < 1.29 is 4.74 Å². The lowest BCUT2D eigenvalue weighted by Crippen LogP contribution is -2.44. The van der Waals surface area contributed by atoms with Crippen LogP contribution in [0, 0.1) is 6.92 Å². The molecule has 33 heavy (non-hydrogen) atoms. The summed E-state index contributed by atoms with van der Waals surface area (Å²) in [6.45, 7) is 8.26. The van der Waals surface area contributed by atoms with E-state index in [1.54, 1.807) is 13.3 Å². The Morgan fingerprint density at radius 1 is 1.06 bits per heavy atom. The first-order valence-corrected chi connectivity index (χ1v) is 11.5. The molecule has 1 fully saturated rings. The molecule has 0 unspecified atom stereocenters. The van der Waals surface area contributed by atoms with Gasteiger partial charge in [-0.25, -0.2) is 4.98 Å². The Bertz CT molecular complexity index is 1080. The van der Waals surface area contributed by atoms with Gasteiger partial charge in [-0.05, 0) is 38.6 Å². The van der Waals surface area contributed by atoms with Crippen molar-refractivity contribution in [2.45, 2.75) is 19.9 Å². The van der Waals surface area contributed by atoms with Crippen LogP contribution >= 0.6 is 11.6 Å². The number of likely N-dealkylation sites (N-methyl/N-ethyl adjacent to an activating group) is 1. The molecule has 0 spiro atoms. The van der Waals surface area contributed by atoms with E-state index in [0.29, 0.717) is 16.8 Å². The van der Waals surface area contributed by atoms with Crippen LogP contribution in [0.5, 0.6) is 5.75 Å². The lowest BCUT2D eigenvalue weighted by molar-refractivity contribution is 0.312. The van der Waals surface area contributed by atoms with Crippen LogP contribution in [-0.2, 0) is 0 Å². The lowest BCUT2D eigenvalue weighted by Gasteiger charge is -2.34. The van der Waals surface area contributed by atoms with E-state index in [4.69, 9.17) is 16.3 Å². The van der Waals surface area contributed by atoms with Crippen molar-refractivity contribution in [2.75, 3.05) is 55.9 Å². The Morgan fingerprint density at radius 2 is 1.79 bits per heavy atom. The van der Waals surface area contributed by atoms with Crippen LogP contribution in [0.15, 0.2) is 48.7 Å². The molecular weight excluding hydrogens is 436 g/mol. The van der Waals surface area contributed by atoms with Gasteiger partial charge in [-0.15, -0.1) is 0 Å². The van der Waals surface area contributed by atoms with Gasteiger partial charge in [0.05, 0.1) is 19.0 Å². The fraction of sp³-hybridized carbons (Fsp3) is 0.360. The van der Waals surface area contributed by atoms with E-state index >= 15 is 0 Å². The first-order valence-electron chi connectivity index (χ1n) is 11.2. The fourth-order valence-corrected chi connectivity index (χ4v) is 3.98. The molecule has 0 saturated carbocycles. The Labute approximate surface area is 200 Å². The third-order valence-corrected chi connectivity index (χ3v) is 6.25. The van der Waals surface area contributed by atoms with Gasteiger partial charge in [-0.3, -0.25) is 0 Å². The van der Waals surface area contributed by atoms with Crippen LogP contribution in [-0.4, -0.2) is 55.2 Å². The van der Waals surface area contributed by atoms with Crippen molar-refractivity contribution in [3.05, 3.63) is 64.8 Å². The highest BCUT2D eigenvalue weighted by molar-refractivity contribution is 6.32. The van der Waals surface area contributed by atoms with Gasteiger partial charge in [-0.2, -0.15) is 4.98 Å². The maximum atomic E-state index is 6.38. The van der Waals surface area contributed by atoms with Crippen LogP contribution < -0.4 is 20.3 Å². The van der Waals surface area contributed by atoms with E-state index in [1.165, 1.54) is 5.56 Å². The molecule has 1 aromatic heterocycles. The number of halogens is 1. The van der Waals surface area contributed by atoms with Gasteiger partial charge >= 0.3 is 0 Å². The number of aromatic nitrogens is 2. The van der Waals surface area contributed by atoms with Gasteiger partial charge in [-0.1, -0.05) is 41.4 Å². The van der Waals surface area contributed by atoms with Crippen LogP contribution in [0.3, 0.4) is 0 Å². The second kappa shape index (κ2) is 10.3. The van der Waals surface area contributed by atoms with E-state index < -0.39 is 0 Å². The number of nitrogens with one attached hydrogen (secondary N) is 2. The van der Waals surface area contributed by atoms with Crippen molar-refractivity contribution >= 4 is 34.7 Å². The molecular formula is C25H31ClN6O. The third-order valence-electron chi connectivity index (χ3n) is 5.97. The highest BCUT2D eigenvalue weighted by Crippen LogP contribution is 2.33. The molecule has 8 heteroatoms. The Hall–Kier alpha value is -3.03. The number of nitrogens with zero attached hydrogens (tertiary/aromatic N) is 4.